The van der Waals surface area contributed by atoms with Gasteiger partial charge in [0.25, 0.3) is 0 Å². The van der Waals surface area contributed by atoms with Crippen LogP contribution in [-0.4, -0.2) is 24.3 Å². The Labute approximate surface area is 198 Å². The number of para-hydroxylation sites is 1. The Morgan fingerprint density at radius 1 is 0.676 bits per heavy atom. The van der Waals surface area contributed by atoms with Crippen LogP contribution in [0.2, 0.25) is 0 Å². The van der Waals surface area contributed by atoms with Crippen LogP contribution in [0.25, 0.3) is 50.4 Å². The lowest BCUT2D eigenvalue weighted by molar-refractivity contribution is 0.883. The van der Waals surface area contributed by atoms with E-state index in [0.29, 0.717) is 0 Å². The van der Waals surface area contributed by atoms with E-state index in [1.54, 1.807) is 6.33 Å². The molecule has 0 spiro atoms. The molecule has 0 unspecified atom stereocenters. The van der Waals surface area contributed by atoms with Crippen molar-refractivity contribution in [2.24, 2.45) is 7.05 Å². The summed E-state index contributed by atoms with van der Waals surface area (Å²) in [4.78, 5) is 9.34. The fourth-order valence-electron chi connectivity index (χ4n) is 4.52. The zero-order valence-corrected chi connectivity index (χ0v) is 19.1. The third kappa shape index (κ3) is 3.30. The van der Waals surface area contributed by atoms with Gasteiger partial charge in [-0.25, -0.2) is 14.6 Å². The van der Waals surface area contributed by atoms with Crippen LogP contribution in [0, 0.1) is 6.92 Å². The largest absolute Gasteiger partial charge is 0.331 e. The molecule has 0 amide bonds. The van der Waals surface area contributed by atoms with Crippen LogP contribution in [0.15, 0.2) is 103 Å². The van der Waals surface area contributed by atoms with Gasteiger partial charge in [0.2, 0.25) is 0 Å². The van der Waals surface area contributed by atoms with Crippen LogP contribution in [0.5, 0.6) is 0 Å². The molecule has 0 aliphatic heterocycles. The summed E-state index contributed by atoms with van der Waals surface area (Å²) >= 11 is 0. The first kappa shape index (κ1) is 20.1. The lowest BCUT2D eigenvalue weighted by Crippen LogP contribution is -2.04. The number of aromatic nitrogens is 5. The van der Waals surface area contributed by atoms with Crippen molar-refractivity contribution in [3.05, 3.63) is 109 Å². The van der Waals surface area contributed by atoms with E-state index >= 15 is 0 Å². The van der Waals surface area contributed by atoms with E-state index < -0.39 is 0 Å². The van der Waals surface area contributed by atoms with E-state index in [0.717, 1.165) is 56.2 Å². The molecule has 0 saturated heterocycles. The second kappa shape index (κ2) is 8.12. The van der Waals surface area contributed by atoms with Gasteiger partial charge in [0.1, 0.15) is 12.2 Å². The first-order valence-electron chi connectivity index (χ1n) is 11.3. The Morgan fingerprint density at radius 2 is 1.32 bits per heavy atom. The Kier molecular flexibility index (Phi) is 4.81. The number of benzene rings is 4. The van der Waals surface area contributed by atoms with Gasteiger partial charge in [-0.05, 0) is 36.2 Å². The highest BCUT2D eigenvalue weighted by Gasteiger charge is 2.19. The summed E-state index contributed by atoms with van der Waals surface area (Å²) in [5.74, 6) is 1.77. The minimum absolute atomic E-state index is 0.793. The molecule has 0 N–H and O–H groups in total. The summed E-state index contributed by atoms with van der Waals surface area (Å²) in [7, 11) is 2.04. The van der Waals surface area contributed by atoms with Crippen LogP contribution in [0.3, 0.4) is 0 Å². The van der Waals surface area contributed by atoms with Crippen molar-refractivity contribution >= 4 is 11.0 Å². The van der Waals surface area contributed by atoms with Gasteiger partial charge in [-0.15, -0.1) is 0 Å². The van der Waals surface area contributed by atoms with Crippen molar-refractivity contribution in [3.63, 3.8) is 0 Å². The molecule has 6 rings (SSSR count). The summed E-state index contributed by atoms with van der Waals surface area (Å²) in [6.45, 7) is 2.02. The summed E-state index contributed by atoms with van der Waals surface area (Å²) < 4.78 is 4.07. The molecule has 34 heavy (non-hydrogen) atoms. The van der Waals surface area contributed by atoms with Crippen molar-refractivity contribution in [2.75, 3.05) is 0 Å². The lowest BCUT2D eigenvalue weighted by Gasteiger charge is -2.17. The van der Waals surface area contributed by atoms with E-state index in [-0.39, 0.29) is 0 Å². The second-order valence-corrected chi connectivity index (χ2v) is 8.35. The molecular weight excluding hydrogens is 418 g/mol. The molecule has 4 aromatic carbocycles. The Bertz CT molecular complexity index is 1550. The van der Waals surface area contributed by atoms with Crippen molar-refractivity contribution < 1.29 is 0 Å². The second-order valence-electron chi connectivity index (χ2n) is 8.35. The van der Waals surface area contributed by atoms with Gasteiger partial charge < -0.3 is 4.57 Å². The van der Waals surface area contributed by atoms with Crippen molar-refractivity contribution in [1.82, 2.24) is 24.3 Å². The number of rotatable bonds is 4. The summed E-state index contributed by atoms with van der Waals surface area (Å²) in [5, 5.41) is 4.73. The summed E-state index contributed by atoms with van der Waals surface area (Å²) in [5.41, 5.74) is 8.53. The van der Waals surface area contributed by atoms with Gasteiger partial charge in [0.05, 0.1) is 16.7 Å². The van der Waals surface area contributed by atoms with E-state index in [2.05, 4.69) is 94.5 Å². The first-order valence-corrected chi connectivity index (χ1v) is 11.3. The normalized spacial score (nSPS) is 11.2. The molecule has 5 nitrogen and oxygen atoms in total. The predicted molar refractivity (Wildman–Crippen MR) is 137 cm³/mol. The van der Waals surface area contributed by atoms with Crippen molar-refractivity contribution in [1.29, 1.82) is 0 Å². The topological polar surface area (TPSA) is 48.5 Å². The predicted octanol–water partition coefficient (Wildman–Crippen LogP) is 6.46. The van der Waals surface area contributed by atoms with E-state index in [1.807, 2.05) is 30.8 Å². The lowest BCUT2D eigenvalue weighted by atomic mass is 9.95. The summed E-state index contributed by atoms with van der Waals surface area (Å²) in [6, 6.07) is 33.5. The average Bonchev–Trinajstić information content (AvgIpc) is 3.49. The van der Waals surface area contributed by atoms with Crippen LogP contribution >= 0.6 is 0 Å². The highest BCUT2D eigenvalue weighted by molar-refractivity contribution is 5.87. The van der Waals surface area contributed by atoms with Gasteiger partial charge in [0.15, 0.2) is 5.82 Å². The van der Waals surface area contributed by atoms with Crippen molar-refractivity contribution in [2.45, 2.75) is 6.92 Å². The summed E-state index contributed by atoms with van der Waals surface area (Å²) in [6.07, 6.45) is 1.63. The van der Waals surface area contributed by atoms with Gasteiger partial charge in [-0.2, -0.15) is 5.10 Å². The minimum atomic E-state index is 0.793. The third-order valence-electron chi connectivity index (χ3n) is 6.33. The molecule has 2 aromatic heterocycles. The maximum absolute atomic E-state index is 4.73. The molecule has 2 heterocycles. The molecule has 6 aromatic rings. The fourth-order valence-corrected chi connectivity index (χ4v) is 4.52. The quantitative estimate of drug-likeness (QED) is 0.315. The van der Waals surface area contributed by atoms with Crippen LogP contribution < -0.4 is 0 Å². The van der Waals surface area contributed by atoms with Gasteiger partial charge in [0, 0.05) is 23.7 Å². The number of hydrogen-bond acceptors (Lipinski definition) is 3. The standard InChI is InChI=1S/C29H23N5/c1-20-32-26-17-16-23(18-27(26)33(20)2)29-30-19-31-34(29)28-24(21-10-5-3-6-11-21)14-9-15-25(28)22-12-7-4-8-13-22/h3-19H,1-2H3. The number of fused-ring (bicyclic) bond motifs is 1. The van der Waals surface area contributed by atoms with Crippen molar-refractivity contribution in [3.8, 4) is 39.3 Å². The van der Waals surface area contributed by atoms with Crippen LogP contribution in [-0.2, 0) is 7.05 Å². The molecule has 164 valence electrons. The fraction of sp³-hybridized carbons (Fsp3) is 0.0690. The van der Waals surface area contributed by atoms with Crippen LogP contribution in [0.1, 0.15) is 5.82 Å². The Hall–Kier alpha value is -4.51. The molecular formula is C29H23N5. The molecule has 0 fully saturated rings. The molecule has 0 atom stereocenters. The van der Waals surface area contributed by atoms with Gasteiger partial charge >= 0.3 is 0 Å². The average molecular weight is 442 g/mol. The molecule has 0 radical (unpaired) electrons. The first-order chi connectivity index (χ1) is 16.7. The smallest absolute Gasteiger partial charge is 0.163 e. The number of imidazole rings is 1. The zero-order valence-electron chi connectivity index (χ0n) is 19.1. The number of nitrogens with zero attached hydrogens (tertiary/aromatic N) is 5. The highest BCUT2D eigenvalue weighted by atomic mass is 15.3. The van der Waals surface area contributed by atoms with Gasteiger partial charge in [-0.3, -0.25) is 0 Å². The van der Waals surface area contributed by atoms with E-state index in [9.17, 15) is 0 Å². The molecule has 0 bridgehead atoms. The number of aryl methyl sites for hydroxylation is 2. The maximum atomic E-state index is 4.73. The maximum Gasteiger partial charge on any atom is 0.163 e. The highest BCUT2D eigenvalue weighted by Crippen LogP contribution is 2.37. The Morgan fingerprint density at radius 3 is 1.97 bits per heavy atom. The van der Waals surface area contributed by atoms with E-state index in [4.69, 9.17) is 10.1 Å². The van der Waals surface area contributed by atoms with Gasteiger partial charge in [-0.1, -0.05) is 78.9 Å². The molecule has 0 aliphatic carbocycles. The molecule has 0 aliphatic rings. The van der Waals surface area contributed by atoms with E-state index in [1.165, 1.54) is 0 Å². The third-order valence-corrected chi connectivity index (χ3v) is 6.33. The minimum Gasteiger partial charge on any atom is -0.331 e. The monoisotopic (exact) mass is 441 g/mol. The number of hydrogen-bond donors (Lipinski definition) is 0. The SMILES string of the molecule is Cc1nc2ccc(-c3ncnn3-c3c(-c4ccccc4)cccc3-c3ccccc3)cc2n1C. The Balaban J connectivity index is 1.62. The molecule has 5 heteroatoms. The van der Waals surface area contributed by atoms with Crippen LogP contribution in [0.4, 0.5) is 0 Å². The molecule has 0 saturated carbocycles. The zero-order chi connectivity index (χ0) is 23.1.